The molecule has 0 radical (unpaired) electrons. The van der Waals surface area contributed by atoms with Crippen LogP contribution in [0.25, 0.3) is 0 Å². The van der Waals surface area contributed by atoms with Crippen LogP contribution in [0.4, 0.5) is 17.6 Å². The zero-order chi connectivity index (χ0) is 15.3. The molecule has 0 N–H and O–H groups in total. The topological polar surface area (TPSA) is 59.3 Å². The number of hydrogen-bond acceptors (Lipinski definition) is 4. The van der Waals surface area contributed by atoms with Crippen LogP contribution in [0.2, 0.25) is 0 Å². The van der Waals surface area contributed by atoms with E-state index >= 15 is 0 Å². The molecule has 1 rings (SSSR count). The third-order valence-corrected chi connectivity index (χ3v) is 2.13. The Morgan fingerprint density at radius 3 is 2.55 bits per heavy atom. The number of carbonyl (C=O) groups excluding carboxylic acids is 1. The van der Waals surface area contributed by atoms with Crippen molar-refractivity contribution in [1.29, 1.82) is 5.26 Å². The molecular weight excluding hydrogens is 282 g/mol. The van der Waals surface area contributed by atoms with Crippen molar-refractivity contribution in [2.75, 3.05) is 6.61 Å². The number of nitriles is 1. The van der Waals surface area contributed by atoms with E-state index in [4.69, 9.17) is 5.26 Å². The van der Waals surface area contributed by atoms with E-state index in [-0.39, 0.29) is 12.2 Å². The molecule has 8 heteroatoms. The molecule has 0 bridgehead atoms. The molecule has 0 unspecified atom stereocenters. The second-order valence-electron chi connectivity index (χ2n) is 3.58. The fourth-order valence-corrected chi connectivity index (χ4v) is 1.47. The highest BCUT2D eigenvalue weighted by Gasteiger charge is 2.33. The van der Waals surface area contributed by atoms with Gasteiger partial charge in [-0.25, -0.2) is 4.39 Å². The van der Waals surface area contributed by atoms with Crippen molar-refractivity contribution < 1.29 is 31.8 Å². The minimum atomic E-state index is -5.07. The van der Waals surface area contributed by atoms with Crippen LogP contribution in [-0.4, -0.2) is 18.9 Å². The number of hydrogen-bond donors (Lipinski definition) is 0. The van der Waals surface area contributed by atoms with Crippen molar-refractivity contribution in [3.05, 3.63) is 29.1 Å². The van der Waals surface area contributed by atoms with E-state index in [0.717, 1.165) is 6.07 Å². The van der Waals surface area contributed by atoms with E-state index in [9.17, 15) is 22.4 Å². The second-order valence-corrected chi connectivity index (χ2v) is 3.58. The molecule has 0 amide bonds. The van der Waals surface area contributed by atoms with Gasteiger partial charge in [0, 0.05) is 6.07 Å². The number of halogens is 4. The van der Waals surface area contributed by atoms with Crippen molar-refractivity contribution in [2.24, 2.45) is 0 Å². The molecule has 0 saturated carbocycles. The molecule has 4 nitrogen and oxygen atoms in total. The van der Waals surface area contributed by atoms with Gasteiger partial charge >= 0.3 is 12.3 Å². The molecule has 0 heterocycles. The standard InChI is InChI=1S/C12H9F4NO3/c1-2-19-11(18)4-7-3-8(13)5-10(9(7)6-17)20-12(14,15)16/h3,5H,2,4H2,1H3. The average molecular weight is 291 g/mol. The van der Waals surface area contributed by atoms with Gasteiger partial charge in [-0.2, -0.15) is 5.26 Å². The summed E-state index contributed by atoms with van der Waals surface area (Å²) in [4.78, 5) is 11.3. The molecule has 1 aromatic carbocycles. The lowest BCUT2D eigenvalue weighted by atomic mass is 10.0. The van der Waals surface area contributed by atoms with E-state index in [1.807, 2.05) is 0 Å². The summed E-state index contributed by atoms with van der Waals surface area (Å²) in [5.41, 5.74) is -0.790. The molecule has 0 aromatic heterocycles. The van der Waals surface area contributed by atoms with Gasteiger partial charge in [-0.1, -0.05) is 0 Å². The van der Waals surface area contributed by atoms with Gasteiger partial charge in [0.05, 0.1) is 18.6 Å². The third kappa shape index (κ3) is 4.42. The Kier molecular flexibility index (Phi) is 4.91. The maximum absolute atomic E-state index is 13.2. The highest BCUT2D eigenvalue weighted by atomic mass is 19.4. The first-order valence-electron chi connectivity index (χ1n) is 5.40. The number of rotatable bonds is 4. The predicted molar refractivity (Wildman–Crippen MR) is 58.1 cm³/mol. The summed E-state index contributed by atoms with van der Waals surface area (Å²) < 4.78 is 57.9. The summed E-state index contributed by atoms with van der Waals surface area (Å²) >= 11 is 0. The van der Waals surface area contributed by atoms with E-state index in [0.29, 0.717) is 6.07 Å². The molecule has 0 atom stereocenters. The van der Waals surface area contributed by atoms with Crippen LogP contribution >= 0.6 is 0 Å². The lowest BCUT2D eigenvalue weighted by Gasteiger charge is -2.13. The molecule has 0 fully saturated rings. The van der Waals surface area contributed by atoms with Gasteiger partial charge in [0.1, 0.15) is 17.6 Å². The van der Waals surface area contributed by atoms with Gasteiger partial charge in [-0.3, -0.25) is 4.79 Å². The Balaban J connectivity index is 3.18. The number of nitrogens with zero attached hydrogens (tertiary/aromatic N) is 1. The van der Waals surface area contributed by atoms with Crippen molar-refractivity contribution in [3.63, 3.8) is 0 Å². The SMILES string of the molecule is CCOC(=O)Cc1cc(F)cc(OC(F)(F)F)c1C#N. The van der Waals surface area contributed by atoms with E-state index < -0.39 is 35.9 Å². The first-order valence-corrected chi connectivity index (χ1v) is 5.40. The van der Waals surface area contributed by atoms with Crippen LogP contribution in [0.3, 0.4) is 0 Å². The van der Waals surface area contributed by atoms with Gasteiger partial charge < -0.3 is 9.47 Å². The monoisotopic (exact) mass is 291 g/mol. The minimum Gasteiger partial charge on any atom is -0.466 e. The zero-order valence-corrected chi connectivity index (χ0v) is 10.3. The fraction of sp³-hybridized carbons (Fsp3) is 0.333. The lowest BCUT2D eigenvalue weighted by Crippen LogP contribution is -2.19. The summed E-state index contributed by atoms with van der Waals surface area (Å²) in [7, 11) is 0. The third-order valence-electron chi connectivity index (χ3n) is 2.13. The Bertz CT molecular complexity index is 549. The predicted octanol–water partition coefficient (Wildman–Crippen LogP) is 2.70. The summed E-state index contributed by atoms with van der Waals surface area (Å²) in [6.07, 6.45) is -5.59. The Hall–Kier alpha value is -2.30. The van der Waals surface area contributed by atoms with Gasteiger partial charge in [-0.05, 0) is 18.6 Å². The minimum absolute atomic E-state index is 0.0575. The Labute approximate surface area is 111 Å². The quantitative estimate of drug-likeness (QED) is 0.632. The number of benzene rings is 1. The molecule has 0 aliphatic carbocycles. The first-order chi connectivity index (χ1) is 9.26. The highest BCUT2D eigenvalue weighted by Crippen LogP contribution is 2.29. The van der Waals surface area contributed by atoms with E-state index in [1.54, 1.807) is 0 Å². The molecule has 0 spiro atoms. The maximum atomic E-state index is 13.2. The second kappa shape index (κ2) is 6.23. The molecule has 20 heavy (non-hydrogen) atoms. The smallest absolute Gasteiger partial charge is 0.466 e. The van der Waals surface area contributed by atoms with E-state index in [1.165, 1.54) is 13.0 Å². The van der Waals surface area contributed by atoms with E-state index in [2.05, 4.69) is 9.47 Å². The summed E-state index contributed by atoms with van der Waals surface area (Å²) in [6, 6.07) is 2.68. The van der Waals surface area contributed by atoms with Crippen molar-refractivity contribution in [3.8, 4) is 11.8 Å². The number of ether oxygens (including phenoxy) is 2. The molecular formula is C12H9F4NO3. The molecule has 0 aliphatic heterocycles. The molecule has 108 valence electrons. The van der Waals surface area contributed by atoms with Gasteiger partial charge in [-0.15, -0.1) is 13.2 Å². The van der Waals surface area contributed by atoms with Crippen LogP contribution in [0, 0.1) is 17.1 Å². The number of esters is 1. The summed E-state index contributed by atoms with van der Waals surface area (Å²) in [6.45, 7) is 1.59. The summed E-state index contributed by atoms with van der Waals surface area (Å²) in [5, 5.41) is 8.86. The maximum Gasteiger partial charge on any atom is 0.573 e. The Morgan fingerprint density at radius 2 is 2.05 bits per heavy atom. The van der Waals surface area contributed by atoms with Crippen LogP contribution in [0.5, 0.6) is 5.75 Å². The van der Waals surface area contributed by atoms with Crippen molar-refractivity contribution in [2.45, 2.75) is 19.7 Å². The number of alkyl halides is 3. The van der Waals surface area contributed by atoms with Gasteiger partial charge in [0.15, 0.2) is 0 Å². The normalized spacial score (nSPS) is 10.8. The van der Waals surface area contributed by atoms with Crippen molar-refractivity contribution >= 4 is 5.97 Å². The largest absolute Gasteiger partial charge is 0.573 e. The Morgan fingerprint density at radius 1 is 1.40 bits per heavy atom. The van der Waals surface area contributed by atoms with Crippen LogP contribution in [-0.2, 0) is 16.0 Å². The van der Waals surface area contributed by atoms with Crippen LogP contribution in [0.15, 0.2) is 12.1 Å². The van der Waals surface area contributed by atoms with Crippen LogP contribution < -0.4 is 4.74 Å². The zero-order valence-electron chi connectivity index (χ0n) is 10.3. The number of carbonyl (C=O) groups is 1. The molecule has 0 saturated heterocycles. The molecule has 1 aromatic rings. The summed E-state index contributed by atoms with van der Waals surface area (Å²) in [5.74, 6) is -2.82. The van der Waals surface area contributed by atoms with Crippen LogP contribution in [0.1, 0.15) is 18.1 Å². The van der Waals surface area contributed by atoms with Gasteiger partial charge in [0.2, 0.25) is 0 Å². The fourth-order valence-electron chi connectivity index (χ4n) is 1.47. The lowest BCUT2D eigenvalue weighted by molar-refractivity contribution is -0.274. The molecule has 0 aliphatic rings. The average Bonchev–Trinajstić information content (AvgIpc) is 2.26. The van der Waals surface area contributed by atoms with Crippen molar-refractivity contribution in [1.82, 2.24) is 0 Å². The first kappa shape index (κ1) is 15.8. The van der Waals surface area contributed by atoms with Gasteiger partial charge in [0.25, 0.3) is 0 Å². The highest BCUT2D eigenvalue weighted by molar-refractivity contribution is 5.74.